The molecule has 1 unspecified atom stereocenters. The molecule has 2 N–H and O–H groups in total. The van der Waals surface area contributed by atoms with Crippen LogP contribution in [0.1, 0.15) is 21.3 Å². The Kier molecular flexibility index (Phi) is 4.82. The van der Waals surface area contributed by atoms with Crippen LogP contribution in [0.4, 0.5) is 0 Å². The maximum atomic E-state index is 11.9. The molecule has 1 atom stereocenters. The number of aliphatic hydroxyl groups excluding tert-OH is 1. The van der Waals surface area contributed by atoms with E-state index >= 15 is 0 Å². The number of aliphatic hydroxyl groups is 1. The van der Waals surface area contributed by atoms with E-state index in [9.17, 15) is 9.90 Å². The van der Waals surface area contributed by atoms with Gasteiger partial charge in [0.2, 0.25) is 0 Å². The van der Waals surface area contributed by atoms with Crippen molar-refractivity contribution in [3.63, 3.8) is 0 Å². The van der Waals surface area contributed by atoms with Crippen molar-refractivity contribution in [3.8, 4) is 0 Å². The molecule has 1 aromatic carbocycles. The van der Waals surface area contributed by atoms with Crippen LogP contribution in [-0.4, -0.2) is 17.6 Å². The van der Waals surface area contributed by atoms with Crippen molar-refractivity contribution in [2.45, 2.75) is 6.10 Å². The van der Waals surface area contributed by atoms with E-state index < -0.39 is 6.10 Å². The molecule has 19 heavy (non-hydrogen) atoms. The number of benzene rings is 1. The van der Waals surface area contributed by atoms with Crippen LogP contribution in [0, 0.1) is 0 Å². The van der Waals surface area contributed by atoms with Crippen molar-refractivity contribution in [2.75, 3.05) is 6.54 Å². The largest absolute Gasteiger partial charge is 0.386 e. The molecule has 0 bridgehead atoms. The maximum absolute atomic E-state index is 11.9. The summed E-state index contributed by atoms with van der Waals surface area (Å²) in [6.07, 6.45) is -0.702. The highest BCUT2D eigenvalue weighted by Gasteiger charge is 2.12. The summed E-state index contributed by atoms with van der Waals surface area (Å²) in [6, 6.07) is 8.32. The molecule has 2 rings (SSSR count). The summed E-state index contributed by atoms with van der Waals surface area (Å²) >= 11 is 13.1. The summed E-state index contributed by atoms with van der Waals surface area (Å²) < 4.78 is 0. The molecule has 0 saturated heterocycles. The van der Waals surface area contributed by atoms with Crippen molar-refractivity contribution in [1.29, 1.82) is 0 Å². The van der Waals surface area contributed by atoms with Crippen LogP contribution in [0.3, 0.4) is 0 Å². The molecule has 1 aromatic heterocycles. The first-order valence-electron chi connectivity index (χ1n) is 5.52. The Balaban J connectivity index is 1.96. The summed E-state index contributed by atoms with van der Waals surface area (Å²) in [7, 11) is 0. The fourth-order valence-corrected chi connectivity index (χ4v) is 2.52. The Bertz CT molecular complexity index is 572. The van der Waals surface area contributed by atoms with Gasteiger partial charge in [0, 0.05) is 17.0 Å². The lowest BCUT2D eigenvalue weighted by Gasteiger charge is -2.10. The van der Waals surface area contributed by atoms with Gasteiger partial charge in [-0.15, -0.1) is 11.3 Å². The topological polar surface area (TPSA) is 49.3 Å². The lowest BCUT2D eigenvalue weighted by molar-refractivity contribution is 0.0918. The summed E-state index contributed by atoms with van der Waals surface area (Å²) in [4.78, 5) is 12.7. The molecule has 0 spiro atoms. The van der Waals surface area contributed by atoms with Gasteiger partial charge in [0.1, 0.15) is 6.10 Å². The number of hydrogen-bond donors (Lipinski definition) is 2. The van der Waals surface area contributed by atoms with Crippen molar-refractivity contribution in [1.82, 2.24) is 5.32 Å². The van der Waals surface area contributed by atoms with Crippen molar-refractivity contribution in [2.24, 2.45) is 0 Å². The Morgan fingerprint density at radius 3 is 2.74 bits per heavy atom. The molecular weight excluding hydrogens is 305 g/mol. The van der Waals surface area contributed by atoms with Crippen LogP contribution in [0.15, 0.2) is 35.7 Å². The van der Waals surface area contributed by atoms with E-state index in [4.69, 9.17) is 23.2 Å². The maximum Gasteiger partial charge on any atom is 0.251 e. The third-order valence-electron chi connectivity index (χ3n) is 2.51. The van der Waals surface area contributed by atoms with Crippen LogP contribution in [0.5, 0.6) is 0 Å². The standard InChI is InChI=1S/C13H11Cl2NO2S/c14-9-4-3-8(6-10(9)15)13(18)16-7-11(17)12-2-1-5-19-12/h1-6,11,17H,7H2,(H,16,18). The average molecular weight is 316 g/mol. The van der Waals surface area contributed by atoms with E-state index in [1.165, 1.54) is 17.4 Å². The predicted octanol–water partition coefficient (Wildman–Crippen LogP) is 3.52. The van der Waals surface area contributed by atoms with Gasteiger partial charge in [-0.1, -0.05) is 29.3 Å². The Hall–Kier alpha value is -1.07. The fourth-order valence-electron chi connectivity index (χ4n) is 1.51. The Morgan fingerprint density at radius 2 is 2.11 bits per heavy atom. The molecule has 2 aromatic rings. The normalized spacial score (nSPS) is 12.2. The second-order valence-corrected chi connectivity index (χ2v) is 5.66. The number of amides is 1. The van der Waals surface area contributed by atoms with E-state index in [1.54, 1.807) is 12.1 Å². The van der Waals surface area contributed by atoms with Gasteiger partial charge < -0.3 is 10.4 Å². The Morgan fingerprint density at radius 1 is 1.32 bits per heavy atom. The fraction of sp³-hybridized carbons (Fsp3) is 0.154. The lowest BCUT2D eigenvalue weighted by atomic mass is 10.2. The van der Waals surface area contributed by atoms with Gasteiger partial charge in [0.25, 0.3) is 5.91 Å². The van der Waals surface area contributed by atoms with E-state index in [-0.39, 0.29) is 12.5 Å². The third-order valence-corrected chi connectivity index (χ3v) is 4.22. The average Bonchev–Trinajstić information content (AvgIpc) is 2.92. The predicted molar refractivity (Wildman–Crippen MR) is 78.1 cm³/mol. The Labute approximate surface area is 124 Å². The van der Waals surface area contributed by atoms with Gasteiger partial charge in [0.05, 0.1) is 10.0 Å². The second kappa shape index (κ2) is 6.39. The molecule has 0 aliphatic heterocycles. The summed E-state index contributed by atoms with van der Waals surface area (Å²) in [5, 5.41) is 15.1. The highest BCUT2D eigenvalue weighted by Crippen LogP contribution is 2.22. The smallest absolute Gasteiger partial charge is 0.251 e. The van der Waals surface area contributed by atoms with Crippen molar-refractivity contribution < 1.29 is 9.90 Å². The summed E-state index contributed by atoms with van der Waals surface area (Å²) in [5.74, 6) is -0.297. The lowest BCUT2D eigenvalue weighted by Crippen LogP contribution is -2.28. The zero-order valence-electron chi connectivity index (χ0n) is 9.77. The van der Waals surface area contributed by atoms with Crippen molar-refractivity contribution in [3.05, 3.63) is 56.2 Å². The van der Waals surface area contributed by atoms with E-state index in [0.717, 1.165) is 4.88 Å². The first-order valence-corrected chi connectivity index (χ1v) is 7.16. The minimum atomic E-state index is -0.702. The van der Waals surface area contributed by atoms with Crippen LogP contribution >= 0.6 is 34.5 Å². The van der Waals surface area contributed by atoms with Crippen LogP contribution in [0.2, 0.25) is 10.0 Å². The third kappa shape index (κ3) is 3.70. The highest BCUT2D eigenvalue weighted by molar-refractivity contribution is 7.10. The molecule has 100 valence electrons. The van der Waals surface area contributed by atoms with Gasteiger partial charge >= 0.3 is 0 Å². The highest BCUT2D eigenvalue weighted by atomic mass is 35.5. The molecule has 6 heteroatoms. The zero-order chi connectivity index (χ0) is 13.8. The summed E-state index contributed by atoms with van der Waals surface area (Å²) in [5.41, 5.74) is 0.410. The number of carbonyl (C=O) groups excluding carboxylic acids is 1. The molecule has 0 radical (unpaired) electrons. The van der Waals surface area contributed by atoms with Gasteiger partial charge in [-0.3, -0.25) is 4.79 Å². The number of hydrogen-bond acceptors (Lipinski definition) is 3. The summed E-state index contributed by atoms with van der Waals surface area (Å²) in [6.45, 7) is 0.152. The van der Waals surface area contributed by atoms with E-state index in [0.29, 0.717) is 15.6 Å². The SMILES string of the molecule is O=C(NCC(O)c1cccs1)c1ccc(Cl)c(Cl)c1. The molecular formula is C13H11Cl2NO2S. The first-order chi connectivity index (χ1) is 9.08. The molecule has 0 aliphatic rings. The number of rotatable bonds is 4. The number of halogens is 2. The van der Waals surface area contributed by atoms with Gasteiger partial charge in [-0.2, -0.15) is 0 Å². The molecule has 1 amide bonds. The molecule has 3 nitrogen and oxygen atoms in total. The first kappa shape index (κ1) is 14.3. The quantitative estimate of drug-likeness (QED) is 0.907. The van der Waals surface area contributed by atoms with Crippen LogP contribution in [0.25, 0.3) is 0 Å². The van der Waals surface area contributed by atoms with Gasteiger partial charge in [-0.25, -0.2) is 0 Å². The zero-order valence-corrected chi connectivity index (χ0v) is 12.1. The van der Waals surface area contributed by atoms with E-state index in [2.05, 4.69) is 5.32 Å². The number of carbonyl (C=O) groups is 1. The molecule has 1 heterocycles. The monoisotopic (exact) mass is 315 g/mol. The van der Waals surface area contributed by atoms with Crippen LogP contribution < -0.4 is 5.32 Å². The van der Waals surface area contributed by atoms with Gasteiger partial charge in [-0.05, 0) is 29.6 Å². The molecule has 0 saturated carbocycles. The molecule has 0 fully saturated rings. The van der Waals surface area contributed by atoms with Gasteiger partial charge in [0.15, 0.2) is 0 Å². The van der Waals surface area contributed by atoms with Crippen molar-refractivity contribution >= 4 is 40.4 Å². The van der Waals surface area contributed by atoms with Crippen LogP contribution in [-0.2, 0) is 0 Å². The van der Waals surface area contributed by atoms with E-state index in [1.807, 2.05) is 17.5 Å². The number of nitrogens with one attached hydrogen (secondary N) is 1. The number of thiophene rings is 1. The minimum absolute atomic E-state index is 0.152. The second-order valence-electron chi connectivity index (χ2n) is 3.87. The molecule has 0 aliphatic carbocycles. The minimum Gasteiger partial charge on any atom is -0.386 e.